The van der Waals surface area contributed by atoms with Crippen molar-refractivity contribution in [1.29, 1.82) is 0 Å². The maximum atomic E-state index is 5.87. The van der Waals surface area contributed by atoms with Crippen LogP contribution < -0.4 is 10.5 Å². The van der Waals surface area contributed by atoms with E-state index in [9.17, 15) is 0 Å². The van der Waals surface area contributed by atoms with E-state index in [0.29, 0.717) is 6.10 Å². The van der Waals surface area contributed by atoms with Gasteiger partial charge in [-0.2, -0.15) is 0 Å². The molecule has 3 rings (SSSR count). The van der Waals surface area contributed by atoms with Crippen LogP contribution in [0.1, 0.15) is 31.4 Å². The smallest absolute Gasteiger partial charge is 0.120 e. The minimum absolute atomic E-state index is 0.0820. The van der Waals surface area contributed by atoms with Gasteiger partial charge < -0.3 is 10.5 Å². The van der Waals surface area contributed by atoms with E-state index in [1.165, 1.54) is 24.0 Å². The van der Waals surface area contributed by atoms with Crippen molar-refractivity contribution in [3.63, 3.8) is 0 Å². The van der Waals surface area contributed by atoms with E-state index >= 15 is 0 Å². The molecule has 19 heavy (non-hydrogen) atoms. The lowest BCUT2D eigenvalue weighted by Crippen LogP contribution is -2.04. The van der Waals surface area contributed by atoms with E-state index in [0.717, 1.165) is 11.3 Å². The summed E-state index contributed by atoms with van der Waals surface area (Å²) in [6.45, 7) is 2.00. The van der Waals surface area contributed by atoms with Crippen molar-refractivity contribution >= 4 is 0 Å². The number of rotatable bonds is 4. The Bertz CT molecular complexity index is 556. The monoisotopic (exact) mass is 253 g/mol. The molecule has 0 bridgehead atoms. The van der Waals surface area contributed by atoms with E-state index in [-0.39, 0.29) is 6.04 Å². The van der Waals surface area contributed by atoms with Crippen LogP contribution in [0.4, 0.5) is 0 Å². The molecule has 2 aromatic rings. The third-order valence-electron chi connectivity index (χ3n) is 3.43. The summed E-state index contributed by atoms with van der Waals surface area (Å²) in [5, 5.41) is 0. The van der Waals surface area contributed by atoms with Gasteiger partial charge in [-0.3, -0.25) is 0 Å². The zero-order valence-corrected chi connectivity index (χ0v) is 11.2. The van der Waals surface area contributed by atoms with Crippen LogP contribution in [0, 0.1) is 0 Å². The highest BCUT2D eigenvalue weighted by Crippen LogP contribution is 2.30. The van der Waals surface area contributed by atoms with Gasteiger partial charge in [-0.05, 0) is 48.6 Å². The van der Waals surface area contributed by atoms with Crippen LogP contribution in [0.25, 0.3) is 11.1 Å². The highest BCUT2D eigenvalue weighted by Gasteiger charge is 2.23. The largest absolute Gasteiger partial charge is 0.490 e. The second-order valence-corrected chi connectivity index (χ2v) is 5.26. The molecule has 0 saturated heterocycles. The summed E-state index contributed by atoms with van der Waals surface area (Å²) in [6, 6.07) is 16.8. The van der Waals surface area contributed by atoms with Gasteiger partial charge in [0.05, 0.1) is 6.10 Å². The molecule has 1 fully saturated rings. The number of nitrogens with two attached hydrogens (primary N) is 1. The van der Waals surface area contributed by atoms with Crippen molar-refractivity contribution in [3.8, 4) is 16.9 Å². The summed E-state index contributed by atoms with van der Waals surface area (Å²) >= 11 is 0. The molecule has 1 aliphatic carbocycles. The molecule has 1 saturated carbocycles. The first-order valence-corrected chi connectivity index (χ1v) is 6.85. The number of hydrogen-bond donors (Lipinski definition) is 1. The lowest BCUT2D eigenvalue weighted by Gasteiger charge is -2.09. The first-order chi connectivity index (χ1) is 9.22. The van der Waals surface area contributed by atoms with Crippen LogP contribution in [-0.2, 0) is 0 Å². The van der Waals surface area contributed by atoms with Gasteiger partial charge in [-0.25, -0.2) is 0 Å². The minimum atomic E-state index is 0.0820. The van der Waals surface area contributed by atoms with Crippen LogP contribution >= 0.6 is 0 Å². The molecule has 98 valence electrons. The highest BCUT2D eigenvalue weighted by molar-refractivity contribution is 5.65. The van der Waals surface area contributed by atoms with Crippen molar-refractivity contribution < 1.29 is 4.74 Å². The average molecular weight is 253 g/mol. The summed E-state index contributed by atoms with van der Waals surface area (Å²) in [5.41, 5.74) is 9.42. The quantitative estimate of drug-likeness (QED) is 0.896. The van der Waals surface area contributed by atoms with Gasteiger partial charge in [0.15, 0.2) is 0 Å². The number of benzene rings is 2. The normalized spacial score (nSPS) is 16.1. The Morgan fingerprint density at radius 2 is 1.79 bits per heavy atom. The molecule has 1 atom stereocenters. The third-order valence-corrected chi connectivity index (χ3v) is 3.43. The topological polar surface area (TPSA) is 35.2 Å². The average Bonchev–Trinajstić information content (AvgIpc) is 3.23. The van der Waals surface area contributed by atoms with Crippen LogP contribution in [-0.4, -0.2) is 6.10 Å². The molecule has 2 N–H and O–H groups in total. The molecule has 2 heteroatoms. The first kappa shape index (κ1) is 12.2. The fourth-order valence-electron chi connectivity index (χ4n) is 2.11. The van der Waals surface area contributed by atoms with Gasteiger partial charge in [-0.15, -0.1) is 0 Å². The van der Waals surface area contributed by atoms with Crippen molar-refractivity contribution in [2.45, 2.75) is 31.9 Å². The Labute approximate surface area is 114 Å². The molecule has 2 nitrogen and oxygen atoms in total. The van der Waals surface area contributed by atoms with Crippen LogP contribution in [0.2, 0.25) is 0 Å². The third kappa shape index (κ3) is 2.96. The Hall–Kier alpha value is -1.80. The van der Waals surface area contributed by atoms with E-state index in [1.807, 2.05) is 19.1 Å². The molecule has 1 aliphatic rings. The van der Waals surface area contributed by atoms with Gasteiger partial charge >= 0.3 is 0 Å². The summed E-state index contributed by atoms with van der Waals surface area (Å²) < 4.78 is 5.83. The Kier molecular flexibility index (Phi) is 3.26. The highest BCUT2D eigenvalue weighted by atomic mass is 16.5. The number of ether oxygens (including phenoxy) is 1. The molecule has 0 aromatic heterocycles. The minimum Gasteiger partial charge on any atom is -0.490 e. The predicted octanol–water partition coefficient (Wildman–Crippen LogP) is 3.91. The standard InChI is InChI=1S/C17H19NO/c1-12(18)13-5-7-14(8-6-13)15-3-2-4-17(11-15)19-16-9-10-16/h2-8,11-12,16H,9-10,18H2,1H3. The lowest BCUT2D eigenvalue weighted by atomic mass is 10.0. The Balaban J connectivity index is 1.83. The lowest BCUT2D eigenvalue weighted by molar-refractivity contribution is 0.303. The van der Waals surface area contributed by atoms with Gasteiger partial charge in [-0.1, -0.05) is 36.4 Å². The van der Waals surface area contributed by atoms with Crippen molar-refractivity contribution in [2.24, 2.45) is 5.73 Å². The predicted molar refractivity (Wildman–Crippen MR) is 78.1 cm³/mol. The van der Waals surface area contributed by atoms with Gasteiger partial charge in [0.1, 0.15) is 5.75 Å². The van der Waals surface area contributed by atoms with Crippen LogP contribution in [0.15, 0.2) is 48.5 Å². The van der Waals surface area contributed by atoms with E-state index in [1.54, 1.807) is 0 Å². The molecule has 0 amide bonds. The van der Waals surface area contributed by atoms with E-state index in [2.05, 4.69) is 36.4 Å². The van der Waals surface area contributed by atoms with Gasteiger partial charge in [0, 0.05) is 6.04 Å². The molecule has 0 spiro atoms. The van der Waals surface area contributed by atoms with Crippen molar-refractivity contribution in [2.75, 3.05) is 0 Å². The Morgan fingerprint density at radius 1 is 1.05 bits per heavy atom. The van der Waals surface area contributed by atoms with Crippen molar-refractivity contribution in [3.05, 3.63) is 54.1 Å². The summed E-state index contributed by atoms with van der Waals surface area (Å²) in [7, 11) is 0. The summed E-state index contributed by atoms with van der Waals surface area (Å²) in [6.07, 6.45) is 2.82. The fourth-order valence-corrected chi connectivity index (χ4v) is 2.11. The Morgan fingerprint density at radius 3 is 2.42 bits per heavy atom. The van der Waals surface area contributed by atoms with E-state index < -0.39 is 0 Å². The van der Waals surface area contributed by atoms with E-state index in [4.69, 9.17) is 10.5 Å². The van der Waals surface area contributed by atoms with Gasteiger partial charge in [0.2, 0.25) is 0 Å². The maximum absolute atomic E-state index is 5.87. The van der Waals surface area contributed by atoms with Gasteiger partial charge in [0.25, 0.3) is 0 Å². The summed E-state index contributed by atoms with van der Waals surface area (Å²) in [4.78, 5) is 0. The molecule has 0 heterocycles. The number of hydrogen-bond acceptors (Lipinski definition) is 2. The van der Waals surface area contributed by atoms with Crippen LogP contribution in [0.5, 0.6) is 5.75 Å². The fraction of sp³-hybridized carbons (Fsp3) is 0.294. The van der Waals surface area contributed by atoms with Crippen molar-refractivity contribution in [1.82, 2.24) is 0 Å². The maximum Gasteiger partial charge on any atom is 0.120 e. The molecule has 0 aliphatic heterocycles. The second kappa shape index (κ2) is 5.06. The molecular weight excluding hydrogens is 234 g/mol. The first-order valence-electron chi connectivity index (χ1n) is 6.85. The van der Waals surface area contributed by atoms with Crippen LogP contribution in [0.3, 0.4) is 0 Å². The summed E-state index contributed by atoms with van der Waals surface area (Å²) in [5.74, 6) is 0.969. The zero-order chi connectivity index (χ0) is 13.2. The molecule has 0 radical (unpaired) electrons. The zero-order valence-electron chi connectivity index (χ0n) is 11.2. The SMILES string of the molecule is CC(N)c1ccc(-c2cccc(OC3CC3)c2)cc1. The molecular formula is C17H19NO. The second-order valence-electron chi connectivity index (χ2n) is 5.26. The molecule has 2 aromatic carbocycles. The molecule has 1 unspecified atom stereocenters.